The second-order valence-electron chi connectivity index (χ2n) is 4.85. The maximum absolute atomic E-state index is 13.6. The van der Waals surface area contributed by atoms with Crippen molar-refractivity contribution in [3.05, 3.63) is 70.0 Å². The molecule has 0 aliphatic carbocycles. The van der Waals surface area contributed by atoms with Gasteiger partial charge in [-0.2, -0.15) is 0 Å². The van der Waals surface area contributed by atoms with Gasteiger partial charge in [0.15, 0.2) is 17.5 Å². The van der Waals surface area contributed by atoms with Crippen LogP contribution in [0.15, 0.2) is 30.3 Å². The Morgan fingerprint density at radius 3 is 2.15 bits per heavy atom. The van der Waals surface area contributed by atoms with Gasteiger partial charge >= 0.3 is 0 Å². The van der Waals surface area contributed by atoms with E-state index >= 15 is 0 Å². The molecule has 0 amide bonds. The Kier molecular flexibility index (Phi) is 4.14. The van der Waals surface area contributed by atoms with Gasteiger partial charge in [-0.05, 0) is 36.6 Å². The fraction of sp³-hybridized carbons (Fsp3) is 0.250. The highest BCUT2D eigenvalue weighted by Gasteiger charge is 2.20. The third-order valence-corrected chi connectivity index (χ3v) is 3.47. The van der Waals surface area contributed by atoms with Gasteiger partial charge in [-0.1, -0.05) is 24.3 Å². The van der Waals surface area contributed by atoms with Crippen LogP contribution in [-0.2, 0) is 6.42 Å². The van der Waals surface area contributed by atoms with Crippen LogP contribution in [0.3, 0.4) is 0 Å². The normalized spacial score (nSPS) is 12.5. The Morgan fingerprint density at radius 1 is 0.950 bits per heavy atom. The van der Waals surface area contributed by atoms with Crippen LogP contribution < -0.4 is 0 Å². The summed E-state index contributed by atoms with van der Waals surface area (Å²) in [5.74, 6) is -4.14. The average Bonchev–Trinajstić information content (AvgIpc) is 2.40. The SMILES string of the molecule is Cc1cccc(C)c1CC(O)c1ccc(F)c(F)c1F. The lowest BCUT2D eigenvalue weighted by atomic mass is 9.94. The Balaban J connectivity index is 2.34. The molecular formula is C16H15F3O. The molecule has 106 valence electrons. The van der Waals surface area contributed by atoms with Gasteiger partial charge in [-0.15, -0.1) is 0 Å². The Hall–Kier alpha value is -1.81. The molecule has 20 heavy (non-hydrogen) atoms. The maximum atomic E-state index is 13.6. The summed E-state index contributed by atoms with van der Waals surface area (Å²) in [5, 5.41) is 10.1. The summed E-state index contributed by atoms with van der Waals surface area (Å²) >= 11 is 0. The molecule has 2 aromatic carbocycles. The maximum Gasteiger partial charge on any atom is 0.194 e. The third-order valence-electron chi connectivity index (χ3n) is 3.47. The second-order valence-corrected chi connectivity index (χ2v) is 4.85. The van der Waals surface area contributed by atoms with E-state index in [2.05, 4.69) is 0 Å². The summed E-state index contributed by atoms with van der Waals surface area (Å²) in [4.78, 5) is 0. The first-order chi connectivity index (χ1) is 9.41. The summed E-state index contributed by atoms with van der Waals surface area (Å²) in [5.41, 5.74) is 2.58. The first-order valence-corrected chi connectivity index (χ1v) is 6.28. The van der Waals surface area contributed by atoms with Crippen molar-refractivity contribution in [1.82, 2.24) is 0 Å². The van der Waals surface area contributed by atoms with Gasteiger partial charge in [-0.25, -0.2) is 13.2 Å². The monoisotopic (exact) mass is 280 g/mol. The standard InChI is InChI=1S/C16H15F3O/c1-9-4-3-5-10(2)12(9)8-14(20)11-6-7-13(17)16(19)15(11)18/h3-7,14,20H,8H2,1-2H3. The van der Waals surface area contributed by atoms with E-state index in [1.54, 1.807) is 0 Å². The largest absolute Gasteiger partial charge is 0.388 e. The van der Waals surface area contributed by atoms with Crippen molar-refractivity contribution in [3.8, 4) is 0 Å². The predicted molar refractivity (Wildman–Crippen MR) is 70.9 cm³/mol. The highest BCUT2D eigenvalue weighted by atomic mass is 19.2. The molecule has 2 aromatic rings. The zero-order valence-corrected chi connectivity index (χ0v) is 11.3. The van der Waals surface area contributed by atoms with Crippen LogP contribution in [0.1, 0.15) is 28.4 Å². The lowest BCUT2D eigenvalue weighted by molar-refractivity contribution is 0.171. The summed E-state index contributed by atoms with van der Waals surface area (Å²) in [6.45, 7) is 3.77. The molecule has 1 N–H and O–H groups in total. The topological polar surface area (TPSA) is 20.2 Å². The fourth-order valence-electron chi connectivity index (χ4n) is 2.27. The summed E-state index contributed by atoms with van der Waals surface area (Å²) in [6.07, 6.45) is -1.06. The van der Waals surface area contributed by atoms with Crippen LogP contribution in [0.5, 0.6) is 0 Å². The quantitative estimate of drug-likeness (QED) is 0.843. The van der Waals surface area contributed by atoms with Crippen molar-refractivity contribution in [2.45, 2.75) is 26.4 Å². The number of hydrogen-bond donors (Lipinski definition) is 1. The van der Waals surface area contributed by atoms with Gasteiger partial charge in [-0.3, -0.25) is 0 Å². The van der Waals surface area contributed by atoms with E-state index in [4.69, 9.17) is 0 Å². The summed E-state index contributed by atoms with van der Waals surface area (Å²) in [6, 6.07) is 7.56. The first kappa shape index (κ1) is 14.6. The van der Waals surface area contributed by atoms with Crippen molar-refractivity contribution >= 4 is 0 Å². The average molecular weight is 280 g/mol. The first-order valence-electron chi connectivity index (χ1n) is 6.28. The van der Waals surface area contributed by atoms with Crippen molar-refractivity contribution < 1.29 is 18.3 Å². The van der Waals surface area contributed by atoms with Gasteiger partial charge < -0.3 is 5.11 Å². The third kappa shape index (κ3) is 2.70. The van der Waals surface area contributed by atoms with E-state index < -0.39 is 23.6 Å². The number of benzene rings is 2. The van der Waals surface area contributed by atoms with Crippen LogP contribution in [0.2, 0.25) is 0 Å². The van der Waals surface area contributed by atoms with Crippen molar-refractivity contribution in [3.63, 3.8) is 0 Å². The van der Waals surface area contributed by atoms with E-state index in [0.717, 1.165) is 28.8 Å². The molecule has 1 nitrogen and oxygen atoms in total. The van der Waals surface area contributed by atoms with Crippen molar-refractivity contribution in [1.29, 1.82) is 0 Å². The van der Waals surface area contributed by atoms with Gasteiger partial charge in [0.05, 0.1) is 6.10 Å². The number of hydrogen-bond acceptors (Lipinski definition) is 1. The van der Waals surface area contributed by atoms with E-state index in [9.17, 15) is 18.3 Å². The van der Waals surface area contributed by atoms with E-state index in [-0.39, 0.29) is 12.0 Å². The molecule has 4 heteroatoms. The molecule has 0 aliphatic heterocycles. The van der Waals surface area contributed by atoms with Crippen LogP contribution in [0.4, 0.5) is 13.2 Å². The minimum Gasteiger partial charge on any atom is -0.388 e. The second kappa shape index (κ2) is 5.67. The van der Waals surface area contributed by atoms with Crippen LogP contribution in [0.25, 0.3) is 0 Å². The van der Waals surface area contributed by atoms with Gasteiger partial charge in [0, 0.05) is 12.0 Å². The number of aryl methyl sites for hydroxylation is 2. The Labute approximate surface area is 115 Å². The van der Waals surface area contributed by atoms with Crippen LogP contribution in [0, 0.1) is 31.3 Å². The summed E-state index contributed by atoms with van der Waals surface area (Å²) in [7, 11) is 0. The van der Waals surface area contributed by atoms with E-state index in [1.165, 1.54) is 0 Å². The highest BCUT2D eigenvalue weighted by Crippen LogP contribution is 2.26. The molecule has 2 rings (SSSR count). The van der Waals surface area contributed by atoms with Crippen molar-refractivity contribution in [2.75, 3.05) is 0 Å². The molecule has 0 heterocycles. The zero-order valence-electron chi connectivity index (χ0n) is 11.3. The highest BCUT2D eigenvalue weighted by molar-refractivity contribution is 5.35. The molecular weight excluding hydrogens is 265 g/mol. The van der Waals surface area contributed by atoms with Crippen LogP contribution in [-0.4, -0.2) is 5.11 Å². The number of aliphatic hydroxyl groups is 1. The minimum atomic E-state index is -1.55. The zero-order chi connectivity index (χ0) is 14.9. The van der Waals surface area contributed by atoms with E-state index in [1.807, 2.05) is 32.0 Å². The van der Waals surface area contributed by atoms with Crippen molar-refractivity contribution in [2.24, 2.45) is 0 Å². The molecule has 0 fully saturated rings. The molecule has 0 aliphatic rings. The molecule has 1 unspecified atom stereocenters. The Morgan fingerprint density at radius 2 is 1.55 bits per heavy atom. The molecule has 0 saturated carbocycles. The molecule has 0 spiro atoms. The lowest BCUT2D eigenvalue weighted by Gasteiger charge is -2.16. The van der Waals surface area contributed by atoms with Gasteiger partial charge in [0.25, 0.3) is 0 Å². The summed E-state index contributed by atoms with van der Waals surface area (Å²) < 4.78 is 39.7. The van der Waals surface area contributed by atoms with E-state index in [0.29, 0.717) is 0 Å². The number of rotatable bonds is 3. The van der Waals surface area contributed by atoms with Gasteiger partial charge in [0.2, 0.25) is 0 Å². The number of halogens is 3. The van der Waals surface area contributed by atoms with Crippen LogP contribution >= 0.6 is 0 Å². The fourth-order valence-corrected chi connectivity index (χ4v) is 2.27. The molecule has 1 atom stereocenters. The molecule has 0 saturated heterocycles. The predicted octanol–water partition coefficient (Wildman–Crippen LogP) is 4.00. The molecule has 0 radical (unpaired) electrons. The minimum absolute atomic E-state index is 0.153. The lowest BCUT2D eigenvalue weighted by Crippen LogP contribution is -2.09. The Bertz CT molecular complexity index is 618. The number of aliphatic hydroxyl groups excluding tert-OH is 1. The molecule has 0 bridgehead atoms. The van der Waals surface area contributed by atoms with Gasteiger partial charge in [0.1, 0.15) is 0 Å². The molecule has 0 aromatic heterocycles. The smallest absolute Gasteiger partial charge is 0.194 e.